The van der Waals surface area contributed by atoms with E-state index in [9.17, 15) is 4.39 Å². The van der Waals surface area contributed by atoms with Crippen LogP contribution in [0.15, 0.2) is 24.3 Å². The average Bonchev–Trinajstić information content (AvgIpc) is 2.18. The maximum atomic E-state index is 13.0. The summed E-state index contributed by atoms with van der Waals surface area (Å²) in [5.41, 5.74) is 1.08. The molecule has 0 saturated carbocycles. The Morgan fingerprint density at radius 2 is 2.29 bits per heavy atom. The molecule has 2 atom stereocenters. The lowest BCUT2D eigenvalue weighted by molar-refractivity contribution is 0.305. The Morgan fingerprint density at radius 3 is 3.00 bits per heavy atom. The van der Waals surface area contributed by atoms with E-state index in [1.54, 1.807) is 12.1 Å². The molecule has 1 N–H and O–H groups in total. The quantitative estimate of drug-likeness (QED) is 0.723. The number of hydrogen-bond donors (Lipinski definition) is 1. The molecule has 2 rings (SSSR count). The highest BCUT2D eigenvalue weighted by atomic mass is 19.1. The normalized spacial score (nSPS) is 27.6. The van der Waals surface area contributed by atoms with Crippen LogP contribution in [0.5, 0.6) is 0 Å². The zero-order valence-corrected chi connectivity index (χ0v) is 8.46. The molecule has 1 aromatic rings. The van der Waals surface area contributed by atoms with Gasteiger partial charge in [0.05, 0.1) is 0 Å². The summed E-state index contributed by atoms with van der Waals surface area (Å²) in [6.45, 7) is 3.27. The summed E-state index contributed by atoms with van der Waals surface area (Å²) in [4.78, 5) is 0. The third kappa shape index (κ3) is 1.95. The van der Waals surface area contributed by atoms with Gasteiger partial charge in [0.2, 0.25) is 0 Å². The van der Waals surface area contributed by atoms with Crippen molar-refractivity contribution in [3.05, 3.63) is 35.6 Å². The van der Waals surface area contributed by atoms with Crippen molar-refractivity contribution in [3.63, 3.8) is 0 Å². The molecule has 1 heterocycles. The van der Waals surface area contributed by atoms with Crippen LogP contribution in [-0.4, -0.2) is 6.54 Å². The van der Waals surface area contributed by atoms with Crippen molar-refractivity contribution in [3.8, 4) is 0 Å². The van der Waals surface area contributed by atoms with Crippen LogP contribution in [0, 0.1) is 11.7 Å². The largest absolute Gasteiger partial charge is 0.310 e. The van der Waals surface area contributed by atoms with Gasteiger partial charge in [-0.3, -0.25) is 0 Å². The van der Waals surface area contributed by atoms with E-state index in [2.05, 4.69) is 12.2 Å². The molecule has 1 fully saturated rings. The summed E-state index contributed by atoms with van der Waals surface area (Å²) in [5, 5.41) is 3.45. The van der Waals surface area contributed by atoms with Gasteiger partial charge in [0.1, 0.15) is 5.82 Å². The van der Waals surface area contributed by atoms with E-state index in [1.807, 2.05) is 6.07 Å². The molecule has 0 spiro atoms. The molecule has 0 radical (unpaired) electrons. The molecule has 76 valence electrons. The fourth-order valence-corrected chi connectivity index (χ4v) is 2.20. The molecule has 0 aromatic heterocycles. The first-order chi connectivity index (χ1) is 6.77. The highest BCUT2D eigenvalue weighted by Crippen LogP contribution is 2.28. The summed E-state index contributed by atoms with van der Waals surface area (Å²) < 4.78 is 13.0. The Balaban J connectivity index is 2.20. The predicted octanol–water partition coefficient (Wildman–Crippen LogP) is 2.89. The second-order valence-corrected chi connectivity index (χ2v) is 4.11. The zero-order valence-electron chi connectivity index (χ0n) is 8.46. The first-order valence-corrected chi connectivity index (χ1v) is 5.26. The van der Waals surface area contributed by atoms with Crippen molar-refractivity contribution < 1.29 is 4.39 Å². The summed E-state index contributed by atoms with van der Waals surface area (Å²) >= 11 is 0. The molecule has 0 bridgehead atoms. The summed E-state index contributed by atoms with van der Waals surface area (Å²) in [6.07, 6.45) is 2.46. The Labute approximate surface area is 84.3 Å². The molecule has 2 unspecified atom stereocenters. The molecule has 1 aliphatic rings. The molecule has 2 heteroatoms. The zero-order chi connectivity index (χ0) is 9.97. The van der Waals surface area contributed by atoms with Gasteiger partial charge in [0.15, 0.2) is 0 Å². The minimum absolute atomic E-state index is 0.137. The van der Waals surface area contributed by atoms with Crippen LogP contribution in [0.4, 0.5) is 4.39 Å². The van der Waals surface area contributed by atoms with Crippen LogP contribution in [-0.2, 0) is 0 Å². The van der Waals surface area contributed by atoms with E-state index in [0.717, 1.165) is 12.1 Å². The van der Waals surface area contributed by atoms with E-state index in [0.29, 0.717) is 12.0 Å². The second-order valence-electron chi connectivity index (χ2n) is 4.11. The van der Waals surface area contributed by atoms with Crippen LogP contribution in [0.3, 0.4) is 0 Å². The summed E-state index contributed by atoms with van der Waals surface area (Å²) in [7, 11) is 0. The summed E-state index contributed by atoms with van der Waals surface area (Å²) in [5.74, 6) is 0.465. The molecule has 1 nitrogen and oxygen atoms in total. The third-order valence-electron chi connectivity index (χ3n) is 2.98. The topological polar surface area (TPSA) is 12.0 Å². The minimum Gasteiger partial charge on any atom is -0.310 e. The maximum absolute atomic E-state index is 13.0. The average molecular weight is 193 g/mol. The molecule has 1 aliphatic heterocycles. The van der Waals surface area contributed by atoms with Crippen LogP contribution < -0.4 is 5.32 Å². The number of benzene rings is 1. The molecular weight excluding hydrogens is 177 g/mol. The van der Waals surface area contributed by atoms with Crippen molar-refractivity contribution in [1.82, 2.24) is 5.32 Å². The predicted molar refractivity (Wildman–Crippen MR) is 55.5 cm³/mol. The van der Waals surface area contributed by atoms with Gasteiger partial charge < -0.3 is 5.32 Å². The number of hydrogen-bond acceptors (Lipinski definition) is 1. The first-order valence-electron chi connectivity index (χ1n) is 5.26. The molecular formula is C12H16FN. The lowest BCUT2D eigenvalue weighted by atomic mass is 9.88. The van der Waals surface area contributed by atoms with Gasteiger partial charge in [0, 0.05) is 6.04 Å². The minimum atomic E-state index is -0.137. The smallest absolute Gasteiger partial charge is 0.123 e. The van der Waals surface area contributed by atoms with Crippen molar-refractivity contribution in [1.29, 1.82) is 0 Å². The van der Waals surface area contributed by atoms with E-state index >= 15 is 0 Å². The van der Waals surface area contributed by atoms with Gasteiger partial charge in [-0.15, -0.1) is 0 Å². The molecule has 0 aliphatic carbocycles. The van der Waals surface area contributed by atoms with Gasteiger partial charge in [-0.2, -0.15) is 0 Å². The van der Waals surface area contributed by atoms with E-state index in [1.165, 1.54) is 18.9 Å². The van der Waals surface area contributed by atoms with Gasteiger partial charge in [-0.25, -0.2) is 4.39 Å². The monoisotopic (exact) mass is 193 g/mol. The lowest BCUT2D eigenvalue weighted by Crippen LogP contribution is -2.32. The van der Waals surface area contributed by atoms with Crippen molar-refractivity contribution in [2.45, 2.75) is 25.8 Å². The van der Waals surface area contributed by atoms with Crippen molar-refractivity contribution in [2.75, 3.05) is 6.54 Å². The van der Waals surface area contributed by atoms with Crippen molar-refractivity contribution in [2.24, 2.45) is 5.92 Å². The molecule has 14 heavy (non-hydrogen) atoms. The van der Waals surface area contributed by atoms with Gasteiger partial charge in [-0.05, 0) is 43.0 Å². The van der Waals surface area contributed by atoms with Gasteiger partial charge in [0.25, 0.3) is 0 Å². The number of nitrogens with one attached hydrogen (secondary N) is 1. The SMILES string of the molecule is CC1CCCNC1c1cccc(F)c1. The Morgan fingerprint density at radius 1 is 1.43 bits per heavy atom. The second kappa shape index (κ2) is 4.09. The number of rotatable bonds is 1. The van der Waals surface area contributed by atoms with Crippen LogP contribution in [0.1, 0.15) is 31.4 Å². The molecule has 1 saturated heterocycles. The van der Waals surface area contributed by atoms with Crippen LogP contribution >= 0.6 is 0 Å². The van der Waals surface area contributed by atoms with Crippen LogP contribution in [0.25, 0.3) is 0 Å². The first kappa shape index (κ1) is 9.66. The Kier molecular flexibility index (Phi) is 2.82. The Hall–Kier alpha value is -0.890. The standard InChI is InChI=1S/C12H16FN/c1-9-4-3-7-14-12(9)10-5-2-6-11(13)8-10/h2,5-6,8-9,12,14H,3-4,7H2,1H3. The van der Waals surface area contributed by atoms with E-state index in [4.69, 9.17) is 0 Å². The maximum Gasteiger partial charge on any atom is 0.123 e. The van der Waals surface area contributed by atoms with Gasteiger partial charge in [-0.1, -0.05) is 19.1 Å². The number of halogens is 1. The lowest BCUT2D eigenvalue weighted by Gasteiger charge is -2.30. The van der Waals surface area contributed by atoms with E-state index < -0.39 is 0 Å². The molecule has 0 amide bonds. The van der Waals surface area contributed by atoms with Gasteiger partial charge >= 0.3 is 0 Å². The van der Waals surface area contributed by atoms with E-state index in [-0.39, 0.29) is 5.82 Å². The van der Waals surface area contributed by atoms with Crippen molar-refractivity contribution >= 4 is 0 Å². The van der Waals surface area contributed by atoms with Crippen LogP contribution in [0.2, 0.25) is 0 Å². The Bertz CT molecular complexity index is 311. The summed E-state index contributed by atoms with van der Waals surface area (Å²) in [6, 6.07) is 7.26. The number of piperidine rings is 1. The highest BCUT2D eigenvalue weighted by molar-refractivity contribution is 5.21. The highest BCUT2D eigenvalue weighted by Gasteiger charge is 2.22. The fourth-order valence-electron chi connectivity index (χ4n) is 2.20. The molecule has 1 aromatic carbocycles. The fraction of sp³-hybridized carbons (Fsp3) is 0.500. The third-order valence-corrected chi connectivity index (χ3v) is 2.98.